The van der Waals surface area contributed by atoms with Gasteiger partial charge in [-0.2, -0.15) is 0 Å². The Balaban J connectivity index is 3.00. The van der Waals surface area contributed by atoms with Crippen LogP contribution in [0.5, 0.6) is 0 Å². The average Bonchev–Trinajstić information content (AvgIpc) is 1.98. The van der Waals surface area contributed by atoms with Gasteiger partial charge in [0.25, 0.3) is 0 Å². The highest BCUT2D eigenvalue weighted by Gasteiger charge is 2.06. The average molecular weight is 208 g/mol. The number of hydrogen-bond donors (Lipinski definition) is 1. The molecular formula is C7H4Cl2FNO. The van der Waals surface area contributed by atoms with E-state index in [-0.39, 0.29) is 10.7 Å². The van der Waals surface area contributed by atoms with Crippen molar-refractivity contribution in [3.05, 3.63) is 29.0 Å². The minimum absolute atomic E-state index is 0.0255. The van der Waals surface area contributed by atoms with E-state index in [9.17, 15) is 9.18 Å². The molecule has 0 fully saturated rings. The van der Waals surface area contributed by atoms with Gasteiger partial charge in [0.15, 0.2) is 5.82 Å². The molecule has 0 bridgehead atoms. The molecule has 1 rings (SSSR count). The number of halogens is 3. The van der Waals surface area contributed by atoms with Crippen molar-refractivity contribution in [3.63, 3.8) is 0 Å². The van der Waals surface area contributed by atoms with Crippen molar-refractivity contribution in [3.8, 4) is 0 Å². The van der Waals surface area contributed by atoms with Gasteiger partial charge < -0.3 is 5.32 Å². The second-order valence-corrected chi connectivity index (χ2v) is 2.75. The Morgan fingerprint density at radius 1 is 1.50 bits per heavy atom. The fourth-order valence-electron chi connectivity index (χ4n) is 0.706. The topological polar surface area (TPSA) is 29.1 Å². The van der Waals surface area contributed by atoms with E-state index in [1.807, 2.05) is 0 Å². The summed E-state index contributed by atoms with van der Waals surface area (Å²) in [5, 5.41) is 1.17. The molecule has 0 spiro atoms. The first-order valence-corrected chi connectivity index (χ1v) is 3.77. The Labute approximate surface area is 78.3 Å². The van der Waals surface area contributed by atoms with Crippen molar-refractivity contribution in [1.29, 1.82) is 0 Å². The molecule has 1 amide bonds. The molecule has 0 saturated carbocycles. The smallest absolute Gasteiger partial charge is 0.310 e. The number of rotatable bonds is 1. The molecule has 0 aliphatic carbocycles. The zero-order valence-corrected chi connectivity index (χ0v) is 7.29. The van der Waals surface area contributed by atoms with Crippen LogP contribution < -0.4 is 5.32 Å². The molecule has 1 aromatic rings. The number of nitrogens with one attached hydrogen (secondary N) is 1. The summed E-state index contributed by atoms with van der Waals surface area (Å²) in [6.45, 7) is 0. The van der Waals surface area contributed by atoms with Crippen LogP contribution in [0.15, 0.2) is 18.2 Å². The van der Waals surface area contributed by atoms with E-state index in [0.717, 1.165) is 0 Å². The fraction of sp³-hybridized carbons (Fsp3) is 0. The van der Waals surface area contributed by atoms with E-state index in [4.69, 9.17) is 23.2 Å². The van der Waals surface area contributed by atoms with Crippen LogP contribution in [0, 0.1) is 5.82 Å². The quantitative estimate of drug-likeness (QED) is 0.556. The second-order valence-electron chi connectivity index (χ2n) is 2.00. The van der Waals surface area contributed by atoms with Gasteiger partial charge in [0.2, 0.25) is 0 Å². The molecule has 64 valence electrons. The number of anilines is 1. The van der Waals surface area contributed by atoms with Crippen molar-refractivity contribution >= 4 is 34.3 Å². The van der Waals surface area contributed by atoms with Gasteiger partial charge >= 0.3 is 5.37 Å². The third kappa shape index (κ3) is 2.09. The summed E-state index contributed by atoms with van der Waals surface area (Å²) in [6.07, 6.45) is 0. The number of amides is 1. The molecule has 1 N–H and O–H groups in total. The van der Waals surface area contributed by atoms with E-state index >= 15 is 0 Å². The van der Waals surface area contributed by atoms with Crippen LogP contribution in [0.4, 0.5) is 14.9 Å². The third-order valence-corrected chi connectivity index (χ3v) is 1.57. The molecule has 1 aromatic carbocycles. The summed E-state index contributed by atoms with van der Waals surface area (Å²) >= 11 is 10.4. The number of carbonyl (C=O) groups is 1. The molecule has 0 atom stereocenters. The second kappa shape index (κ2) is 3.74. The lowest BCUT2D eigenvalue weighted by Gasteiger charge is -2.02. The van der Waals surface area contributed by atoms with Crippen LogP contribution in [-0.4, -0.2) is 5.37 Å². The number of carbonyl (C=O) groups excluding carboxylic acids is 1. The van der Waals surface area contributed by atoms with Crippen molar-refractivity contribution in [1.82, 2.24) is 0 Å². The molecule has 0 aliphatic heterocycles. The monoisotopic (exact) mass is 207 g/mol. The van der Waals surface area contributed by atoms with Gasteiger partial charge in [-0.15, -0.1) is 0 Å². The number of hydrogen-bond acceptors (Lipinski definition) is 1. The summed E-state index contributed by atoms with van der Waals surface area (Å²) in [4.78, 5) is 10.3. The standard InChI is InChI=1S/C7H4Cl2FNO/c8-4-2-1-3-5(6(4)10)11-7(9)12/h1-3H,(H,11,12). The van der Waals surface area contributed by atoms with Crippen LogP contribution in [0.25, 0.3) is 0 Å². The Bertz CT molecular complexity index is 316. The Morgan fingerprint density at radius 3 is 2.75 bits per heavy atom. The predicted octanol–water partition coefficient (Wildman–Crippen LogP) is 3.25. The maximum absolute atomic E-state index is 13.0. The highest BCUT2D eigenvalue weighted by molar-refractivity contribution is 6.65. The molecule has 5 heteroatoms. The van der Waals surface area contributed by atoms with Crippen molar-refractivity contribution in [2.45, 2.75) is 0 Å². The molecule has 0 saturated heterocycles. The van der Waals surface area contributed by atoms with Crippen molar-refractivity contribution < 1.29 is 9.18 Å². The predicted molar refractivity (Wildman–Crippen MR) is 46.3 cm³/mol. The van der Waals surface area contributed by atoms with Gasteiger partial charge in [-0.05, 0) is 23.7 Å². The summed E-state index contributed by atoms with van der Waals surface area (Å²) in [5.74, 6) is -0.687. The van der Waals surface area contributed by atoms with E-state index < -0.39 is 11.2 Å². The van der Waals surface area contributed by atoms with Crippen molar-refractivity contribution in [2.75, 3.05) is 5.32 Å². The summed E-state index contributed by atoms with van der Waals surface area (Å²) in [5.41, 5.74) is -0.0255. The first-order chi connectivity index (χ1) is 5.61. The molecule has 0 aliphatic rings. The van der Waals surface area contributed by atoms with Crippen LogP contribution in [0.2, 0.25) is 5.02 Å². The molecule has 0 unspecified atom stereocenters. The normalized spacial score (nSPS) is 9.58. The molecule has 0 aromatic heterocycles. The van der Waals surface area contributed by atoms with Gasteiger partial charge in [-0.3, -0.25) is 4.79 Å². The fourth-order valence-corrected chi connectivity index (χ4v) is 0.983. The Kier molecular flexibility index (Phi) is 2.89. The van der Waals surface area contributed by atoms with E-state index in [1.165, 1.54) is 18.2 Å². The maximum Gasteiger partial charge on any atom is 0.318 e. The van der Waals surface area contributed by atoms with E-state index in [2.05, 4.69) is 5.32 Å². The van der Waals surface area contributed by atoms with Gasteiger partial charge in [-0.1, -0.05) is 17.7 Å². The van der Waals surface area contributed by atoms with Gasteiger partial charge in [-0.25, -0.2) is 4.39 Å². The highest BCUT2D eigenvalue weighted by Crippen LogP contribution is 2.21. The highest BCUT2D eigenvalue weighted by atomic mass is 35.5. The van der Waals surface area contributed by atoms with Gasteiger partial charge in [0, 0.05) is 0 Å². The van der Waals surface area contributed by atoms with Gasteiger partial charge in [0.1, 0.15) is 0 Å². The molecule has 2 nitrogen and oxygen atoms in total. The molecule has 0 heterocycles. The first kappa shape index (κ1) is 9.29. The van der Waals surface area contributed by atoms with Gasteiger partial charge in [0.05, 0.1) is 10.7 Å². The van der Waals surface area contributed by atoms with E-state index in [1.54, 1.807) is 0 Å². The lowest BCUT2D eigenvalue weighted by atomic mass is 10.3. The first-order valence-electron chi connectivity index (χ1n) is 3.02. The summed E-state index contributed by atoms with van der Waals surface area (Å²) in [7, 11) is 0. The summed E-state index contributed by atoms with van der Waals surface area (Å²) in [6, 6.07) is 4.25. The van der Waals surface area contributed by atoms with E-state index in [0.29, 0.717) is 0 Å². The lowest BCUT2D eigenvalue weighted by molar-refractivity contribution is 0.269. The maximum atomic E-state index is 13.0. The SMILES string of the molecule is O=C(Cl)Nc1cccc(Cl)c1F. The minimum Gasteiger partial charge on any atom is -0.310 e. The third-order valence-electron chi connectivity index (χ3n) is 1.18. The van der Waals surface area contributed by atoms with Crippen LogP contribution in [0.1, 0.15) is 0 Å². The number of benzene rings is 1. The van der Waals surface area contributed by atoms with Crippen LogP contribution >= 0.6 is 23.2 Å². The summed E-state index contributed by atoms with van der Waals surface area (Å²) < 4.78 is 13.0. The Hall–Kier alpha value is -0.800. The van der Waals surface area contributed by atoms with Crippen LogP contribution in [0.3, 0.4) is 0 Å². The van der Waals surface area contributed by atoms with Crippen LogP contribution in [-0.2, 0) is 0 Å². The minimum atomic E-state index is -0.851. The lowest BCUT2D eigenvalue weighted by Crippen LogP contribution is -2.03. The molecule has 12 heavy (non-hydrogen) atoms. The zero-order valence-electron chi connectivity index (χ0n) is 5.77. The largest absolute Gasteiger partial charge is 0.318 e. The Morgan fingerprint density at radius 2 is 2.17 bits per heavy atom. The molecular weight excluding hydrogens is 204 g/mol. The zero-order chi connectivity index (χ0) is 9.14. The van der Waals surface area contributed by atoms with Crippen molar-refractivity contribution in [2.24, 2.45) is 0 Å². The molecule has 0 radical (unpaired) electrons.